The molecule has 0 saturated carbocycles. The van der Waals surface area contributed by atoms with Gasteiger partial charge in [-0.1, -0.05) is 6.92 Å². The lowest BCUT2D eigenvalue weighted by Gasteiger charge is -2.38. The fourth-order valence-corrected chi connectivity index (χ4v) is 4.00. The summed E-state index contributed by atoms with van der Waals surface area (Å²) in [5, 5.41) is 22.8. The van der Waals surface area contributed by atoms with Gasteiger partial charge in [0.15, 0.2) is 29.2 Å². The van der Waals surface area contributed by atoms with Gasteiger partial charge in [0.05, 0.1) is 20.8 Å². The topological polar surface area (TPSA) is 98.6 Å². The van der Waals surface area contributed by atoms with Gasteiger partial charge in [0, 0.05) is 30.0 Å². The van der Waals surface area contributed by atoms with E-state index in [1.54, 1.807) is 0 Å². The maximum Gasteiger partial charge on any atom is 0.231 e. The Kier molecular flexibility index (Phi) is 5.29. The molecule has 0 fully saturated rings. The quantitative estimate of drug-likeness (QED) is 0.675. The highest BCUT2D eigenvalue weighted by molar-refractivity contribution is 5.59. The molecule has 3 N–H and O–H groups in total. The van der Waals surface area contributed by atoms with Crippen molar-refractivity contribution in [1.82, 2.24) is 5.32 Å². The van der Waals surface area contributed by atoms with Crippen LogP contribution in [0.3, 0.4) is 0 Å². The summed E-state index contributed by atoms with van der Waals surface area (Å²) in [6, 6.07) is 7.38. The third-order valence-electron chi connectivity index (χ3n) is 5.42. The average molecular weight is 403 g/mol. The zero-order valence-corrected chi connectivity index (χ0v) is 16.6. The summed E-state index contributed by atoms with van der Waals surface area (Å²) in [5.41, 5.74) is 1.85. The molecule has 156 valence electrons. The minimum Gasteiger partial charge on any atom is -0.502 e. The van der Waals surface area contributed by atoms with E-state index in [-0.39, 0.29) is 37.2 Å². The first-order chi connectivity index (χ1) is 14.1. The zero-order valence-electron chi connectivity index (χ0n) is 16.6. The number of hydrogen-bond acceptors (Lipinski definition) is 8. The van der Waals surface area contributed by atoms with E-state index in [1.807, 2.05) is 24.3 Å². The van der Waals surface area contributed by atoms with Gasteiger partial charge in [0.1, 0.15) is 5.75 Å². The molecule has 2 aliphatic rings. The number of phenols is 1. The molecule has 0 amide bonds. The van der Waals surface area contributed by atoms with E-state index in [9.17, 15) is 10.2 Å². The number of benzene rings is 2. The largest absolute Gasteiger partial charge is 0.502 e. The Labute approximate surface area is 168 Å². The molecule has 0 spiro atoms. The van der Waals surface area contributed by atoms with E-state index in [2.05, 4.69) is 12.2 Å². The van der Waals surface area contributed by atoms with Crippen molar-refractivity contribution in [2.24, 2.45) is 5.92 Å². The molecule has 4 rings (SSSR count). The van der Waals surface area contributed by atoms with Crippen molar-refractivity contribution in [3.8, 4) is 34.5 Å². The monoisotopic (exact) mass is 403 g/mol. The van der Waals surface area contributed by atoms with Crippen LogP contribution in [0.5, 0.6) is 34.5 Å². The Hall–Kier alpha value is -2.84. The molecule has 0 unspecified atom stereocenters. The summed E-state index contributed by atoms with van der Waals surface area (Å²) in [6.45, 7) is 2.65. The van der Waals surface area contributed by atoms with Crippen LogP contribution < -0.4 is 29.0 Å². The first kappa shape index (κ1) is 19.5. The molecule has 0 aliphatic carbocycles. The summed E-state index contributed by atoms with van der Waals surface area (Å²) in [6.07, 6.45) is -0.328. The van der Waals surface area contributed by atoms with Gasteiger partial charge in [-0.2, -0.15) is 0 Å². The van der Waals surface area contributed by atoms with E-state index in [0.717, 1.165) is 11.1 Å². The number of nitrogens with one attached hydrogen (secondary N) is 1. The molecule has 29 heavy (non-hydrogen) atoms. The smallest absolute Gasteiger partial charge is 0.231 e. The molecule has 8 heteroatoms. The maximum atomic E-state index is 10.3. The molecule has 8 nitrogen and oxygen atoms in total. The van der Waals surface area contributed by atoms with Gasteiger partial charge in [0.25, 0.3) is 0 Å². The second-order valence-electron chi connectivity index (χ2n) is 7.07. The minimum absolute atomic E-state index is 0.00605. The lowest BCUT2D eigenvalue weighted by Crippen LogP contribution is -2.46. The first-order valence-corrected chi connectivity index (χ1v) is 9.46. The Morgan fingerprint density at radius 2 is 1.69 bits per heavy atom. The van der Waals surface area contributed by atoms with Gasteiger partial charge in [-0.25, -0.2) is 0 Å². The Morgan fingerprint density at radius 3 is 2.31 bits per heavy atom. The van der Waals surface area contributed by atoms with Crippen molar-refractivity contribution in [3.05, 3.63) is 35.4 Å². The third kappa shape index (κ3) is 3.38. The van der Waals surface area contributed by atoms with Crippen molar-refractivity contribution >= 4 is 0 Å². The van der Waals surface area contributed by atoms with E-state index in [4.69, 9.17) is 23.7 Å². The summed E-state index contributed by atoms with van der Waals surface area (Å²) < 4.78 is 28.0. The molecule has 0 saturated heterocycles. The fraction of sp³-hybridized carbons (Fsp3) is 0.429. The normalized spacial score (nSPS) is 22.0. The molecular weight excluding hydrogens is 378 g/mol. The summed E-state index contributed by atoms with van der Waals surface area (Å²) in [4.78, 5) is 0. The van der Waals surface area contributed by atoms with Crippen LogP contribution in [0.15, 0.2) is 24.3 Å². The van der Waals surface area contributed by atoms with Gasteiger partial charge in [-0.3, -0.25) is 5.32 Å². The summed E-state index contributed by atoms with van der Waals surface area (Å²) in [7, 11) is 3.01. The lowest BCUT2D eigenvalue weighted by molar-refractivity contribution is 0.0742. The van der Waals surface area contributed by atoms with E-state index in [0.29, 0.717) is 35.3 Å². The number of aliphatic hydroxyl groups is 1. The number of hydrogen-bond donors (Lipinski definition) is 3. The number of rotatable bonds is 6. The van der Waals surface area contributed by atoms with Crippen molar-refractivity contribution < 1.29 is 33.9 Å². The molecule has 2 aromatic rings. The molecule has 2 heterocycles. The third-order valence-corrected chi connectivity index (χ3v) is 5.42. The summed E-state index contributed by atoms with van der Waals surface area (Å²) in [5.74, 6) is 2.50. The predicted molar refractivity (Wildman–Crippen MR) is 104 cm³/mol. The van der Waals surface area contributed by atoms with Crippen LogP contribution in [0.1, 0.15) is 24.0 Å². The molecule has 0 aromatic heterocycles. The van der Waals surface area contributed by atoms with Crippen LogP contribution in [-0.2, 0) is 0 Å². The molecule has 2 aromatic carbocycles. The molecule has 0 radical (unpaired) electrons. The first-order valence-electron chi connectivity index (χ1n) is 9.46. The number of fused-ring (bicyclic) bond motifs is 2. The van der Waals surface area contributed by atoms with Crippen molar-refractivity contribution in [2.75, 3.05) is 34.2 Å². The number of ether oxygens (including phenoxy) is 5. The van der Waals surface area contributed by atoms with Gasteiger partial charge in [-0.15, -0.1) is 0 Å². The Bertz CT molecular complexity index is 876. The maximum absolute atomic E-state index is 10.3. The highest BCUT2D eigenvalue weighted by Crippen LogP contribution is 2.50. The minimum atomic E-state index is -0.328. The SMILES string of the molecule is COc1cc([C@H]2c3cc4c(cc3O[C@H](NCCO)[C@H]2C)OCO4)cc(OC)c1O. The summed E-state index contributed by atoms with van der Waals surface area (Å²) >= 11 is 0. The van der Waals surface area contributed by atoms with Crippen LogP contribution in [0.25, 0.3) is 0 Å². The molecule has 3 atom stereocenters. The van der Waals surface area contributed by atoms with Crippen LogP contribution in [0.4, 0.5) is 0 Å². The molecule has 2 aliphatic heterocycles. The van der Waals surface area contributed by atoms with E-state index < -0.39 is 0 Å². The van der Waals surface area contributed by atoms with Gasteiger partial charge in [-0.05, 0) is 23.8 Å². The van der Waals surface area contributed by atoms with E-state index >= 15 is 0 Å². The van der Waals surface area contributed by atoms with Gasteiger partial charge >= 0.3 is 0 Å². The lowest BCUT2D eigenvalue weighted by atomic mass is 9.78. The standard InChI is InChI=1S/C21H25NO7/c1-11-19(12-6-17(25-2)20(24)18(7-12)26-3)13-8-15-16(28-10-27-15)9-14(13)29-21(11)22-4-5-23/h6-9,11,19,21-24H,4-5,10H2,1-3H3/t11-,19-,21-/m0/s1. The highest BCUT2D eigenvalue weighted by Gasteiger charge is 2.38. The van der Waals surface area contributed by atoms with Crippen LogP contribution in [-0.4, -0.2) is 50.6 Å². The molecule has 0 bridgehead atoms. The van der Waals surface area contributed by atoms with Gasteiger partial charge in [0.2, 0.25) is 12.5 Å². The van der Waals surface area contributed by atoms with Crippen molar-refractivity contribution in [1.29, 1.82) is 0 Å². The van der Waals surface area contributed by atoms with Crippen LogP contribution in [0, 0.1) is 5.92 Å². The van der Waals surface area contributed by atoms with Crippen molar-refractivity contribution in [2.45, 2.75) is 19.1 Å². The Balaban J connectivity index is 1.84. The number of methoxy groups -OCH3 is 2. The fourth-order valence-electron chi connectivity index (χ4n) is 4.00. The predicted octanol–water partition coefficient (Wildman–Crippen LogP) is 2.21. The highest BCUT2D eigenvalue weighted by atomic mass is 16.7. The van der Waals surface area contributed by atoms with Crippen LogP contribution in [0.2, 0.25) is 0 Å². The Morgan fingerprint density at radius 1 is 1.03 bits per heavy atom. The second-order valence-corrected chi connectivity index (χ2v) is 7.07. The average Bonchev–Trinajstić information content (AvgIpc) is 3.18. The van der Waals surface area contributed by atoms with Gasteiger partial charge < -0.3 is 33.9 Å². The zero-order chi connectivity index (χ0) is 20.5. The van der Waals surface area contributed by atoms with Crippen molar-refractivity contribution in [3.63, 3.8) is 0 Å². The second kappa shape index (κ2) is 7.88. The van der Waals surface area contributed by atoms with Crippen LogP contribution >= 0.6 is 0 Å². The number of aliphatic hydroxyl groups excluding tert-OH is 1. The number of phenolic OH excluding ortho intramolecular Hbond substituents is 1. The number of aromatic hydroxyl groups is 1. The van der Waals surface area contributed by atoms with E-state index in [1.165, 1.54) is 14.2 Å². The molecular formula is C21H25NO7.